The quantitative estimate of drug-likeness (QED) is 0.873. The summed E-state index contributed by atoms with van der Waals surface area (Å²) in [6.07, 6.45) is 4.72. The fraction of sp³-hybridized carbons (Fsp3) is 0.421. The molecule has 132 valence electrons. The molecule has 1 aliphatic rings. The number of pyridine rings is 1. The van der Waals surface area contributed by atoms with Gasteiger partial charge in [-0.25, -0.2) is 4.79 Å². The monoisotopic (exact) mass is 341 g/mol. The van der Waals surface area contributed by atoms with Gasteiger partial charge in [-0.1, -0.05) is 12.1 Å². The van der Waals surface area contributed by atoms with Crippen LogP contribution in [0.5, 0.6) is 0 Å². The number of fused-ring (bicyclic) bond motifs is 1. The maximum absolute atomic E-state index is 11.5. The number of hydrogen-bond donors (Lipinski definition) is 2. The highest BCUT2D eigenvalue weighted by Gasteiger charge is 2.20. The summed E-state index contributed by atoms with van der Waals surface area (Å²) in [6.45, 7) is 4.18. The molecule has 1 aromatic carbocycles. The predicted molar refractivity (Wildman–Crippen MR) is 95.6 cm³/mol. The Labute approximate surface area is 146 Å². The van der Waals surface area contributed by atoms with E-state index in [9.17, 15) is 9.59 Å². The number of likely N-dealkylation sites (tertiary alicyclic amines) is 1. The SMILES string of the molecule is CC(=O)Cc1cncc2ccc(CN3CCC(NC(=O)O)CC3)cc12. The maximum atomic E-state index is 11.5. The zero-order valence-electron chi connectivity index (χ0n) is 14.4. The number of carbonyl (C=O) groups excluding carboxylic acids is 1. The molecule has 2 aromatic rings. The fourth-order valence-electron chi connectivity index (χ4n) is 3.45. The molecule has 0 bridgehead atoms. The van der Waals surface area contributed by atoms with Crippen molar-refractivity contribution in [1.82, 2.24) is 15.2 Å². The Morgan fingerprint density at radius 1 is 1.28 bits per heavy atom. The summed E-state index contributed by atoms with van der Waals surface area (Å²) in [5.74, 6) is 0.132. The molecule has 6 heteroatoms. The van der Waals surface area contributed by atoms with Crippen LogP contribution in [0.25, 0.3) is 10.8 Å². The summed E-state index contributed by atoms with van der Waals surface area (Å²) < 4.78 is 0. The molecule has 1 aromatic heterocycles. The molecular weight excluding hydrogens is 318 g/mol. The maximum Gasteiger partial charge on any atom is 0.404 e. The Kier molecular flexibility index (Phi) is 5.28. The molecule has 0 radical (unpaired) electrons. The number of carboxylic acid groups (broad SMARTS) is 1. The number of aromatic nitrogens is 1. The number of carbonyl (C=O) groups is 2. The average Bonchev–Trinajstić information content (AvgIpc) is 2.56. The smallest absolute Gasteiger partial charge is 0.404 e. The number of nitrogens with one attached hydrogen (secondary N) is 1. The molecule has 1 aliphatic heterocycles. The van der Waals surface area contributed by atoms with Crippen molar-refractivity contribution in [3.8, 4) is 0 Å². The second kappa shape index (κ2) is 7.61. The molecule has 3 rings (SSSR count). The largest absolute Gasteiger partial charge is 0.465 e. The van der Waals surface area contributed by atoms with Crippen LogP contribution in [-0.4, -0.2) is 46.0 Å². The van der Waals surface area contributed by atoms with E-state index < -0.39 is 6.09 Å². The molecular formula is C19H23N3O3. The van der Waals surface area contributed by atoms with Crippen molar-refractivity contribution in [3.05, 3.63) is 41.7 Å². The van der Waals surface area contributed by atoms with Crippen LogP contribution in [0, 0.1) is 0 Å². The lowest BCUT2D eigenvalue weighted by Gasteiger charge is -2.31. The molecule has 6 nitrogen and oxygen atoms in total. The second-order valence-electron chi connectivity index (χ2n) is 6.73. The number of hydrogen-bond acceptors (Lipinski definition) is 4. The normalized spacial score (nSPS) is 16.0. The third-order valence-electron chi connectivity index (χ3n) is 4.67. The molecule has 2 heterocycles. The van der Waals surface area contributed by atoms with Crippen LogP contribution in [-0.2, 0) is 17.8 Å². The molecule has 0 aliphatic carbocycles. The number of rotatable bonds is 5. The Morgan fingerprint density at radius 2 is 2.04 bits per heavy atom. The third-order valence-corrected chi connectivity index (χ3v) is 4.67. The molecule has 25 heavy (non-hydrogen) atoms. The topological polar surface area (TPSA) is 82.5 Å². The summed E-state index contributed by atoms with van der Waals surface area (Å²) in [5, 5.41) is 13.5. The Morgan fingerprint density at radius 3 is 2.72 bits per heavy atom. The highest BCUT2D eigenvalue weighted by molar-refractivity contribution is 5.89. The van der Waals surface area contributed by atoms with Crippen LogP contribution in [0.1, 0.15) is 30.9 Å². The van der Waals surface area contributed by atoms with Crippen molar-refractivity contribution in [2.75, 3.05) is 13.1 Å². The Bertz CT molecular complexity index is 783. The number of benzene rings is 1. The lowest BCUT2D eigenvalue weighted by molar-refractivity contribution is -0.116. The predicted octanol–water partition coefficient (Wildman–Crippen LogP) is 2.60. The molecule has 1 saturated heterocycles. The number of piperidine rings is 1. The summed E-state index contributed by atoms with van der Waals surface area (Å²) in [6, 6.07) is 6.36. The van der Waals surface area contributed by atoms with Crippen LogP contribution < -0.4 is 5.32 Å². The molecule has 0 unspecified atom stereocenters. The van der Waals surface area contributed by atoms with E-state index in [1.165, 1.54) is 5.56 Å². The molecule has 2 N–H and O–H groups in total. The molecule has 0 saturated carbocycles. The minimum atomic E-state index is -0.945. The van der Waals surface area contributed by atoms with Crippen molar-refractivity contribution >= 4 is 22.6 Å². The van der Waals surface area contributed by atoms with Crippen molar-refractivity contribution in [3.63, 3.8) is 0 Å². The van der Waals surface area contributed by atoms with Gasteiger partial charge in [-0.15, -0.1) is 0 Å². The van der Waals surface area contributed by atoms with E-state index in [-0.39, 0.29) is 11.8 Å². The van der Waals surface area contributed by atoms with Crippen LogP contribution in [0.2, 0.25) is 0 Å². The summed E-state index contributed by atoms with van der Waals surface area (Å²) >= 11 is 0. The third kappa shape index (κ3) is 4.54. The van der Waals surface area contributed by atoms with Gasteiger partial charge in [-0.2, -0.15) is 0 Å². The molecule has 0 spiro atoms. The highest BCUT2D eigenvalue weighted by Crippen LogP contribution is 2.22. The number of amides is 1. The number of ketones is 1. The van der Waals surface area contributed by atoms with Gasteiger partial charge < -0.3 is 10.4 Å². The first-order chi connectivity index (χ1) is 12.0. The van der Waals surface area contributed by atoms with E-state index in [0.29, 0.717) is 6.42 Å². The van der Waals surface area contributed by atoms with E-state index in [0.717, 1.165) is 48.8 Å². The van der Waals surface area contributed by atoms with Gasteiger partial charge in [0.1, 0.15) is 5.78 Å². The first kappa shape index (κ1) is 17.4. The molecule has 1 amide bonds. The standard InChI is InChI=1S/C19H23N3O3/c1-13(23)8-16-11-20-10-15-3-2-14(9-18(15)16)12-22-6-4-17(5-7-22)21-19(24)25/h2-3,9-11,17,21H,4-8,12H2,1H3,(H,24,25). The summed E-state index contributed by atoms with van der Waals surface area (Å²) in [4.78, 5) is 28.8. The van der Waals surface area contributed by atoms with Crippen molar-refractivity contribution in [2.45, 2.75) is 38.8 Å². The first-order valence-corrected chi connectivity index (χ1v) is 8.58. The van der Waals surface area contributed by atoms with Crippen LogP contribution in [0.15, 0.2) is 30.6 Å². The van der Waals surface area contributed by atoms with Crippen molar-refractivity contribution in [2.24, 2.45) is 0 Å². The van der Waals surface area contributed by atoms with Crippen LogP contribution in [0.3, 0.4) is 0 Å². The minimum absolute atomic E-state index is 0.0543. The van der Waals surface area contributed by atoms with Gasteiger partial charge in [0.15, 0.2) is 0 Å². The lowest BCUT2D eigenvalue weighted by Crippen LogP contribution is -2.43. The van der Waals surface area contributed by atoms with E-state index in [1.54, 1.807) is 13.1 Å². The van der Waals surface area contributed by atoms with Gasteiger partial charge in [0.2, 0.25) is 0 Å². The van der Waals surface area contributed by atoms with Crippen LogP contribution in [0.4, 0.5) is 4.79 Å². The summed E-state index contributed by atoms with van der Waals surface area (Å²) in [5.41, 5.74) is 2.17. The zero-order chi connectivity index (χ0) is 17.8. The van der Waals surface area contributed by atoms with Crippen LogP contribution >= 0.6 is 0 Å². The van der Waals surface area contributed by atoms with E-state index in [4.69, 9.17) is 5.11 Å². The Balaban J connectivity index is 1.70. The Hall–Kier alpha value is -2.47. The highest BCUT2D eigenvalue weighted by atomic mass is 16.4. The number of nitrogens with zero attached hydrogens (tertiary/aromatic N) is 2. The number of Topliss-reactive ketones (excluding diaryl/α,β-unsaturated/α-hetero) is 1. The van der Waals surface area contributed by atoms with Crippen molar-refractivity contribution < 1.29 is 14.7 Å². The molecule has 1 fully saturated rings. The minimum Gasteiger partial charge on any atom is -0.465 e. The van der Waals surface area contributed by atoms with E-state index in [1.807, 2.05) is 6.20 Å². The lowest BCUT2D eigenvalue weighted by atomic mass is 10.0. The van der Waals surface area contributed by atoms with Crippen molar-refractivity contribution in [1.29, 1.82) is 0 Å². The van der Waals surface area contributed by atoms with E-state index in [2.05, 4.69) is 33.4 Å². The van der Waals surface area contributed by atoms with Gasteiger partial charge in [0.25, 0.3) is 0 Å². The molecule has 0 atom stereocenters. The zero-order valence-corrected chi connectivity index (χ0v) is 14.4. The van der Waals surface area contributed by atoms with E-state index >= 15 is 0 Å². The fourth-order valence-corrected chi connectivity index (χ4v) is 3.45. The average molecular weight is 341 g/mol. The van der Waals surface area contributed by atoms with Gasteiger partial charge in [-0.3, -0.25) is 14.7 Å². The van der Waals surface area contributed by atoms with Gasteiger partial charge >= 0.3 is 6.09 Å². The van der Waals surface area contributed by atoms with Gasteiger partial charge in [0.05, 0.1) is 0 Å². The van der Waals surface area contributed by atoms with Gasteiger partial charge in [-0.05, 0) is 42.3 Å². The van der Waals surface area contributed by atoms with Gasteiger partial charge in [0, 0.05) is 49.9 Å². The summed E-state index contributed by atoms with van der Waals surface area (Å²) in [7, 11) is 0. The first-order valence-electron chi connectivity index (χ1n) is 8.58. The second-order valence-corrected chi connectivity index (χ2v) is 6.73.